The van der Waals surface area contributed by atoms with Crippen molar-refractivity contribution in [1.82, 2.24) is 5.32 Å². The number of ether oxygens (including phenoxy) is 1. The summed E-state index contributed by atoms with van der Waals surface area (Å²) in [5.41, 5.74) is 0.656. The van der Waals surface area contributed by atoms with Crippen molar-refractivity contribution in [2.45, 2.75) is 40.3 Å². The van der Waals surface area contributed by atoms with Crippen LogP contribution in [0.2, 0.25) is 0 Å². The number of benzene rings is 1. The highest BCUT2D eigenvalue weighted by Crippen LogP contribution is 2.26. The van der Waals surface area contributed by atoms with E-state index in [0.29, 0.717) is 6.54 Å². The van der Waals surface area contributed by atoms with Gasteiger partial charge in [0.1, 0.15) is 6.10 Å². The first-order chi connectivity index (χ1) is 10.2. The van der Waals surface area contributed by atoms with Crippen LogP contribution in [-0.4, -0.2) is 23.3 Å². The molecule has 0 aromatic heterocycles. The van der Waals surface area contributed by atoms with E-state index in [1.807, 2.05) is 30.3 Å². The summed E-state index contributed by atoms with van der Waals surface area (Å²) >= 11 is 0. The van der Waals surface area contributed by atoms with Gasteiger partial charge in [0.05, 0.1) is 0 Å². The van der Waals surface area contributed by atoms with Gasteiger partial charge in [-0.15, -0.1) is 0 Å². The van der Waals surface area contributed by atoms with Crippen LogP contribution in [-0.2, 0) is 16.1 Å². The molecule has 5 heteroatoms. The summed E-state index contributed by atoms with van der Waals surface area (Å²) in [6.45, 7) is 7.40. The van der Waals surface area contributed by atoms with Crippen molar-refractivity contribution in [3.63, 3.8) is 0 Å². The molecule has 1 aromatic rings. The van der Waals surface area contributed by atoms with Crippen molar-refractivity contribution in [1.29, 1.82) is 0 Å². The molecule has 22 heavy (non-hydrogen) atoms. The lowest BCUT2D eigenvalue weighted by Crippen LogP contribution is -2.28. The monoisotopic (exact) mass is 305 g/mol. The molecule has 5 nitrogen and oxygen atoms in total. The molecule has 1 rings (SSSR count). The minimum absolute atomic E-state index is 0.218. The van der Waals surface area contributed by atoms with E-state index in [9.17, 15) is 14.7 Å². The van der Waals surface area contributed by atoms with Crippen LogP contribution in [0, 0.1) is 5.41 Å². The highest BCUT2D eigenvalue weighted by atomic mass is 16.6. The first kappa shape index (κ1) is 17.8. The van der Waals surface area contributed by atoms with Crippen LogP contribution in [0.15, 0.2) is 42.0 Å². The first-order valence-electron chi connectivity index (χ1n) is 7.14. The van der Waals surface area contributed by atoms with Crippen molar-refractivity contribution in [3.8, 4) is 0 Å². The molecule has 1 amide bonds. The van der Waals surface area contributed by atoms with Gasteiger partial charge in [0.15, 0.2) is 0 Å². The van der Waals surface area contributed by atoms with Gasteiger partial charge in [-0.05, 0) is 24.0 Å². The van der Waals surface area contributed by atoms with Gasteiger partial charge >= 0.3 is 12.1 Å². The molecule has 0 spiro atoms. The van der Waals surface area contributed by atoms with E-state index in [0.717, 1.165) is 5.56 Å². The molecule has 0 aliphatic heterocycles. The molecule has 0 saturated heterocycles. The minimum atomic E-state index is -1.01. The number of hydrogen-bond acceptors (Lipinski definition) is 3. The normalized spacial score (nSPS) is 13.4. The van der Waals surface area contributed by atoms with E-state index < -0.39 is 23.6 Å². The standard InChI is InChI=1S/C17H23NO4/c1-12(10-14(15(19)20)17(2,3)4)22-16(21)18-11-13-8-6-5-7-9-13/h5-10,12H,11H2,1-4H3,(H,18,21)(H,19,20). The van der Waals surface area contributed by atoms with Crippen molar-refractivity contribution in [2.75, 3.05) is 0 Å². The Balaban J connectivity index is 2.58. The topological polar surface area (TPSA) is 75.6 Å². The van der Waals surface area contributed by atoms with Crippen molar-refractivity contribution in [2.24, 2.45) is 5.41 Å². The maximum atomic E-state index is 11.7. The van der Waals surface area contributed by atoms with Gasteiger partial charge < -0.3 is 15.2 Å². The average Bonchev–Trinajstić information content (AvgIpc) is 2.42. The predicted molar refractivity (Wildman–Crippen MR) is 84.4 cm³/mol. The van der Waals surface area contributed by atoms with Crippen molar-refractivity contribution in [3.05, 3.63) is 47.5 Å². The molecule has 0 aliphatic rings. The number of hydrogen-bond donors (Lipinski definition) is 2. The van der Waals surface area contributed by atoms with Crippen LogP contribution in [0.3, 0.4) is 0 Å². The maximum Gasteiger partial charge on any atom is 0.407 e. The predicted octanol–water partition coefficient (Wildman–Crippen LogP) is 3.36. The Morgan fingerprint density at radius 1 is 1.27 bits per heavy atom. The molecule has 120 valence electrons. The minimum Gasteiger partial charge on any atom is -0.478 e. The Bertz CT molecular complexity index is 544. The molecule has 0 saturated carbocycles. The number of carboxylic acid groups (broad SMARTS) is 1. The lowest BCUT2D eigenvalue weighted by Gasteiger charge is -2.21. The number of carbonyl (C=O) groups is 2. The van der Waals surface area contributed by atoms with Gasteiger partial charge in [-0.25, -0.2) is 9.59 Å². The number of rotatable bonds is 5. The molecule has 0 aliphatic carbocycles. The zero-order valence-electron chi connectivity index (χ0n) is 13.4. The second-order valence-electron chi connectivity index (χ2n) is 6.09. The van der Waals surface area contributed by atoms with Gasteiger partial charge in [0.25, 0.3) is 0 Å². The fourth-order valence-corrected chi connectivity index (χ4v) is 1.89. The summed E-state index contributed by atoms with van der Waals surface area (Å²) in [6.07, 6.45) is 0.261. The average molecular weight is 305 g/mol. The van der Waals surface area contributed by atoms with E-state index in [-0.39, 0.29) is 5.57 Å². The summed E-state index contributed by atoms with van der Waals surface area (Å²) in [5, 5.41) is 11.9. The third kappa shape index (κ3) is 5.99. The Hall–Kier alpha value is -2.30. The molecular weight excluding hydrogens is 282 g/mol. The molecule has 0 bridgehead atoms. The van der Waals surface area contributed by atoms with Gasteiger partial charge in [0.2, 0.25) is 0 Å². The summed E-state index contributed by atoms with van der Waals surface area (Å²) in [7, 11) is 0. The summed E-state index contributed by atoms with van der Waals surface area (Å²) in [4.78, 5) is 23.0. The molecule has 1 unspecified atom stereocenters. The first-order valence-corrected chi connectivity index (χ1v) is 7.14. The lowest BCUT2D eigenvalue weighted by molar-refractivity contribution is -0.133. The van der Waals surface area contributed by atoms with Crippen LogP contribution in [0.5, 0.6) is 0 Å². The number of nitrogens with one attached hydrogen (secondary N) is 1. The molecule has 1 atom stereocenters. The van der Waals surface area contributed by atoms with Gasteiger partial charge in [-0.2, -0.15) is 0 Å². The Kier molecular flexibility index (Phi) is 6.16. The van der Waals surface area contributed by atoms with E-state index in [1.54, 1.807) is 27.7 Å². The SMILES string of the molecule is CC(C=C(C(=O)O)C(C)(C)C)OC(=O)NCc1ccccc1. The van der Waals surface area contributed by atoms with Crippen molar-refractivity contribution < 1.29 is 19.4 Å². The van der Waals surface area contributed by atoms with E-state index in [1.165, 1.54) is 6.08 Å². The fourth-order valence-electron chi connectivity index (χ4n) is 1.89. The number of carboxylic acids is 1. The third-order valence-electron chi connectivity index (χ3n) is 3.01. The summed E-state index contributed by atoms with van der Waals surface area (Å²) in [5.74, 6) is -1.01. The van der Waals surface area contributed by atoms with Crippen molar-refractivity contribution >= 4 is 12.1 Å². The largest absolute Gasteiger partial charge is 0.478 e. The smallest absolute Gasteiger partial charge is 0.407 e. The number of aliphatic carboxylic acids is 1. The lowest BCUT2D eigenvalue weighted by atomic mass is 9.85. The Morgan fingerprint density at radius 2 is 1.86 bits per heavy atom. The van der Waals surface area contributed by atoms with Crippen LogP contribution >= 0.6 is 0 Å². The molecule has 2 N–H and O–H groups in total. The highest BCUT2D eigenvalue weighted by molar-refractivity contribution is 5.88. The van der Waals surface area contributed by atoms with E-state index in [4.69, 9.17) is 4.74 Å². The molecule has 0 radical (unpaired) electrons. The highest BCUT2D eigenvalue weighted by Gasteiger charge is 2.24. The van der Waals surface area contributed by atoms with Crippen LogP contribution < -0.4 is 5.32 Å². The molecule has 0 heterocycles. The summed E-state index contributed by atoms with van der Waals surface area (Å²) in [6, 6.07) is 9.46. The van der Waals surface area contributed by atoms with Crippen LogP contribution in [0.1, 0.15) is 33.3 Å². The third-order valence-corrected chi connectivity index (χ3v) is 3.01. The number of amides is 1. The molecule has 1 aromatic carbocycles. The maximum absolute atomic E-state index is 11.7. The summed E-state index contributed by atoms with van der Waals surface area (Å²) < 4.78 is 5.16. The van der Waals surface area contributed by atoms with Crippen LogP contribution in [0.4, 0.5) is 4.79 Å². The zero-order chi connectivity index (χ0) is 16.8. The van der Waals surface area contributed by atoms with Gasteiger partial charge in [-0.3, -0.25) is 0 Å². The Labute approximate surface area is 131 Å². The van der Waals surface area contributed by atoms with Crippen LogP contribution in [0.25, 0.3) is 0 Å². The van der Waals surface area contributed by atoms with E-state index >= 15 is 0 Å². The van der Waals surface area contributed by atoms with E-state index in [2.05, 4.69) is 5.32 Å². The number of alkyl carbamates (subject to hydrolysis) is 1. The Morgan fingerprint density at radius 3 is 2.36 bits per heavy atom. The molecular formula is C17H23NO4. The van der Waals surface area contributed by atoms with Gasteiger partial charge in [-0.1, -0.05) is 51.1 Å². The zero-order valence-corrected chi connectivity index (χ0v) is 13.4. The quantitative estimate of drug-likeness (QED) is 0.818. The molecule has 0 fully saturated rings. The van der Waals surface area contributed by atoms with Gasteiger partial charge in [0, 0.05) is 12.1 Å². The fraction of sp³-hybridized carbons (Fsp3) is 0.412. The number of carbonyl (C=O) groups excluding carboxylic acids is 1. The second-order valence-corrected chi connectivity index (χ2v) is 6.09. The second kappa shape index (κ2) is 7.64.